The van der Waals surface area contributed by atoms with Crippen LogP contribution in [0, 0.1) is 22.7 Å². The first-order valence-electron chi connectivity index (χ1n) is 15.8. The summed E-state index contributed by atoms with van der Waals surface area (Å²) < 4.78 is 22.4. The van der Waals surface area contributed by atoms with Crippen LogP contribution in [0.2, 0.25) is 0 Å². The fraction of sp³-hybridized carbons (Fsp3) is 0.576. The number of aliphatic hydroxyl groups excluding tert-OH is 3. The number of esters is 1. The van der Waals surface area contributed by atoms with Gasteiger partial charge < -0.3 is 30.5 Å². The minimum absolute atomic E-state index is 0.0938. The van der Waals surface area contributed by atoms with Crippen LogP contribution < -0.4 is 5.32 Å². The number of benzene rings is 1. The Kier molecular flexibility index (Phi) is 9.82. The molecule has 14 nitrogen and oxygen atoms in total. The maximum Gasteiger partial charge on any atom is 0.331 e. The molecule has 7 N–H and O–H groups in total. The number of nitrogens with zero attached hydrogens (tertiary/aromatic N) is 1. The van der Waals surface area contributed by atoms with Crippen molar-refractivity contribution in [3.63, 3.8) is 0 Å². The van der Waals surface area contributed by atoms with Crippen LogP contribution in [0.15, 0.2) is 48.1 Å². The predicted molar refractivity (Wildman–Crippen MR) is 161 cm³/mol. The molecule has 262 valence electrons. The first kappa shape index (κ1) is 35.9. The highest BCUT2D eigenvalue weighted by Gasteiger charge is 2.76. The third-order valence-corrected chi connectivity index (χ3v) is 11.2. The van der Waals surface area contributed by atoms with Crippen LogP contribution >= 0.6 is 0 Å². The van der Waals surface area contributed by atoms with Crippen molar-refractivity contribution in [3.8, 4) is 0 Å². The van der Waals surface area contributed by atoms with Gasteiger partial charge in [-0.05, 0) is 74.8 Å². The Morgan fingerprint density at radius 3 is 2.56 bits per heavy atom. The zero-order valence-electron chi connectivity index (χ0n) is 26.5. The molecule has 0 heterocycles. The first-order chi connectivity index (χ1) is 22.5. The van der Waals surface area contributed by atoms with Crippen molar-refractivity contribution in [2.24, 2.45) is 22.7 Å². The SMILES string of the molecule is C[C@]12C=CC(=O)C=C1CC[C@H]1[C@@H]3C[C@@H](O)[C@](O)(C(=O)COC(=O)C(CO)NC(=O)c4cccc(CCON(O)O)c4)[C@@]3(C)C[C@H](O)[C@@]12F. The van der Waals surface area contributed by atoms with E-state index in [1.54, 1.807) is 13.0 Å². The van der Waals surface area contributed by atoms with Gasteiger partial charge in [0.2, 0.25) is 5.78 Å². The minimum atomic E-state index is -2.53. The lowest BCUT2D eigenvalue weighted by atomic mass is 9.44. The standard InChI is InChI=1S/C33H41FN2O12/c1-30-10-8-21(38)13-20(30)6-7-22-23-14-25(39)33(44,31(23,2)15-26(40)32(22,30)34)27(41)17-47-29(43)24(16-37)35-28(42)19-5-3-4-18(12-19)9-11-48-36(45)46/h3-5,8,10,12-13,22-26,37,39-40,44-46H,6-7,9,11,14-17H2,1-2H3,(H,35,42)/t22-,23-,24?,25+,26-,30-,31-,32-,33-/m0/s1. The quantitative estimate of drug-likeness (QED) is 0.126. The molecule has 0 spiro atoms. The lowest BCUT2D eigenvalue weighted by Gasteiger charge is -2.62. The zero-order valence-corrected chi connectivity index (χ0v) is 26.5. The van der Waals surface area contributed by atoms with Gasteiger partial charge in [-0.1, -0.05) is 30.7 Å². The van der Waals surface area contributed by atoms with Crippen LogP contribution in [0.5, 0.6) is 0 Å². The van der Waals surface area contributed by atoms with Crippen LogP contribution in [-0.4, -0.2) is 109 Å². The average molecular weight is 677 g/mol. The predicted octanol–water partition coefficient (Wildman–Crippen LogP) is 0.517. The van der Waals surface area contributed by atoms with Crippen LogP contribution in [0.4, 0.5) is 4.39 Å². The molecule has 15 heteroatoms. The second-order valence-electron chi connectivity index (χ2n) is 13.6. The molecular weight excluding hydrogens is 635 g/mol. The molecule has 9 atom stereocenters. The zero-order chi connectivity index (χ0) is 35.2. The molecule has 1 amide bonds. The smallest absolute Gasteiger partial charge is 0.331 e. The van der Waals surface area contributed by atoms with E-state index in [1.165, 1.54) is 43.4 Å². The van der Waals surface area contributed by atoms with E-state index in [0.717, 1.165) is 0 Å². The van der Waals surface area contributed by atoms with Crippen molar-refractivity contribution >= 4 is 23.4 Å². The van der Waals surface area contributed by atoms with E-state index < -0.39 is 94.9 Å². The van der Waals surface area contributed by atoms with Gasteiger partial charge in [-0.3, -0.25) is 29.6 Å². The number of fused-ring (bicyclic) bond motifs is 5. The lowest BCUT2D eigenvalue weighted by molar-refractivity contribution is -0.492. The van der Waals surface area contributed by atoms with Gasteiger partial charge in [0.05, 0.1) is 30.8 Å². The molecule has 0 aromatic heterocycles. The van der Waals surface area contributed by atoms with Gasteiger partial charge in [0, 0.05) is 22.3 Å². The number of halogens is 1. The summed E-state index contributed by atoms with van der Waals surface area (Å²) in [5.41, 5.74) is -6.38. The first-order valence-corrected chi connectivity index (χ1v) is 15.8. The number of rotatable bonds is 11. The van der Waals surface area contributed by atoms with E-state index in [1.807, 2.05) is 0 Å². The normalized spacial score (nSPS) is 36.0. The molecule has 0 aliphatic heterocycles. The molecule has 48 heavy (non-hydrogen) atoms. The van der Waals surface area contributed by atoms with Crippen LogP contribution in [-0.2, 0) is 30.4 Å². The van der Waals surface area contributed by atoms with Gasteiger partial charge in [-0.25, -0.2) is 9.18 Å². The molecule has 0 saturated heterocycles. The summed E-state index contributed by atoms with van der Waals surface area (Å²) in [6.45, 7) is 1.06. The van der Waals surface area contributed by atoms with Gasteiger partial charge in [-0.15, -0.1) is 0 Å². The number of alkyl halides is 1. The molecule has 3 saturated carbocycles. The average Bonchev–Trinajstić information content (AvgIpc) is 3.24. The van der Waals surface area contributed by atoms with Gasteiger partial charge in [0.1, 0.15) is 0 Å². The topological polar surface area (TPSA) is 223 Å². The van der Waals surface area contributed by atoms with Crippen molar-refractivity contribution in [1.82, 2.24) is 10.7 Å². The fourth-order valence-electron chi connectivity index (χ4n) is 8.61. The summed E-state index contributed by atoms with van der Waals surface area (Å²) in [7, 11) is 0. The minimum Gasteiger partial charge on any atom is -0.456 e. The van der Waals surface area contributed by atoms with Crippen molar-refractivity contribution in [2.75, 3.05) is 19.8 Å². The Balaban J connectivity index is 1.27. The molecule has 1 aromatic carbocycles. The van der Waals surface area contributed by atoms with E-state index in [0.29, 0.717) is 17.6 Å². The summed E-state index contributed by atoms with van der Waals surface area (Å²) in [6, 6.07) is 4.46. The largest absolute Gasteiger partial charge is 0.456 e. The van der Waals surface area contributed by atoms with Gasteiger partial charge in [0.25, 0.3) is 5.91 Å². The van der Waals surface area contributed by atoms with E-state index in [-0.39, 0.29) is 37.2 Å². The van der Waals surface area contributed by atoms with Crippen molar-refractivity contribution in [3.05, 3.63) is 59.2 Å². The molecule has 4 aliphatic carbocycles. The summed E-state index contributed by atoms with van der Waals surface area (Å²) in [5.74, 6) is -4.97. The van der Waals surface area contributed by atoms with E-state index in [9.17, 15) is 39.6 Å². The second kappa shape index (κ2) is 13.1. The fourth-order valence-corrected chi connectivity index (χ4v) is 8.61. The molecule has 0 radical (unpaired) electrons. The third-order valence-electron chi connectivity index (χ3n) is 11.2. The number of nitrogens with one attached hydrogen (secondary N) is 1. The summed E-state index contributed by atoms with van der Waals surface area (Å²) in [6.07, 6.45) is 0.961. The number of amides is 1. The Bertz CT molecular complexity index is 1530. The number of carbonyl (C=O) groups excluding carboxylic acids is 4. The number of allylic oxidation sites excluding steroid dienone is 4. The second-order valence-corrected chi connectivity index (χ2v) is 13.6. The van der Waals surface area contributed by atoms with E-state index >= 15 is 4.39 Å². The number of aliphatic hydroxyl groups is 4. The van der Waals surface area contributed by atoms with Crippen molar-refractivity contribution in [1.29, 1.82) is 0 Å². The highest BCUT2D eigenvalue weighted by molar-refractivity contribution is 6.01. The molecule has 4 aliphatic rings. The molecule has 1 unspecified atom stereocenters. The summed E-state index contributed by atoms with van der Waals surface area (Å²) >= 11 is 0. The highest BCUT2D eigenvalue weighted by Crippen LogP contribution is 2.69. The number of ether oxygens (including phenoxy) is 1. The van der Waals surface area contributed by atoms with Gasteiger partial charge in [0.15, 0.2) is 29.7 Å². The van der Waals surface area contributed by atoms with E-state index in [2.05, 4.69) is 10.2 Å². The van der Waals surface area contributed by atoms with Gasteiger partial charge in [-0.2, -0.15) is 0 Å². The Hall–Kier alpha value is -3.41. The van der Waals surface area contributed by atoms with Gasteiger partial charge >= 0.3 is 5.97 Å². The van der Waals surface area contributed by atoms with Crippen LogP contribution in [0.1, 0.15) is 55.5 Å². The summed E-state index contributed by atoms with van der Waals surface area (Å²) in [5, 5.41) is 63.4. The maximum absolute atomic E-state index is 17.3. The highest BCUT2D eigenvalue weighted by atomic mass is 19.1. The lowest BCUT2D eigenvalue weighted by Crippen LogP contribution is -2.69. The number of hydrogen-bond acceptors (Lipinski definition) is 13. The third kappa shape index (κ3) is 5.71. The number of carbonyl (C=O) groups is 4. The number of Topliss-reactive ketones (excluding diaryl/α,β-unsaturated/α-hetero) is 1. The molecule has 5 rings (SSSR count). The molecule has 3 fully saturated rings. The summed E-state index contributed by atoms with van der Waals surface area (Å²) in [4.78, 5) is 55.9. The molecular formula is C33H41FN2O12. The molecule has 1 aromatic rings. The number of hydrogen-bond donors (Lipinski definition) is 7. The Morgan fingerprint density at radius 2 is 1.88 bits per heavy atom. The number of ketones is 2. The Labute approximate surface area is 275 Å². The Morgan fingerprint density at radius 1 is 1.15 bits per heavy atom. The van der Waals surface area contributed by atoms with Crippen LogP contribution in [0.25, 0.3) is 0 Å². The molecule has 0 bridgehead atoms. The van der Waals surface area contributed by atoms with Crippen molar-refractivity contribution < 1.29 is 64.0 Å². The maximum atomic E-state index is 17.3. The van der Waals surface area contributed by atoms with E-state index in [4.69, 9.17) is 15.2 Å². The van der Waals surface area contributed by atoms with Crippen molar-refractivity contribution in [2.45, 2.75) is 75.5 Å². The van der Waals surface area contributed by atoms with Crippen LogP contribution in [0.3, 0.4) is 0 Å². The monoisotopic (exact) mass is 676 g/mol.